The van der Waals surface area contributed by atoms with Gasteiger partial charge in [0.1, 0.15) is 0 Å². The number of hydrogen-bond acceptors (Lipinski definition) is 4. The SMILES string of the molecule is NCCCCC(=O)O.O=NO. The van der Waals surface area contributed by atoms with Crippen molar-refractivity contribution < 1.29 is 15.1 Å². The summed E-state index contributed by atoms with van der Waals surface area (Å²) in [5, 5.41) is 16.0. The van der Waals surface area contributed by atoms with Crippen LogP contribution in [0.2, 0.25) is 0 Å². The monoisotopic (exact) mass is 164 g/mol. The molecule has 0 aromatic carbocycles. The number of nitrogens with two attached hydrogens (primary N) is 1. The van der Waals surface area contributed by atoms with E-state index in [0.29, 0.717) is 13.0 Å². The summed E-state index contributed by atoms with van der Waals surface area (Å²) in [6, 6.07) is 0. The molecule has 0 unspecified atom stereocenters. The van der Waals surface area contributed by atoms with E-state index in [-0.39, 0.29) is 6.42 Å². The number of rotatable bonds is 4. The van der Waals surface area contributed by atoms with Crippen LogP contribution < -0.4 is 5.73 Å². The number of carboxylic acids is 1. The molecule has 11 heavy (non-hydrogen) atoms. The van der Waals surface area contributed by atoms with Gasteiger partial charge in [-0.3, -0.25) is 4.79 Å². The van der Waals surface area contributed by atoms with E-state index in [0.717, 1.165) is 6.42 Å². The molecule has 0 fully saturated rings. The van der Waals surface area contributed by atoms with Crippen LogP contribution in [-0.4, -0.2) is 22.8 Å². The van der Waals surface area contributed by atoms with Gasteiger partial charge < -0.3 is 16.0 Å². The minimum Gasteiger partial charge on any atom is -0.481 e. The van der Waals surface area contributed by atoms with Crippen LogP contribution in [0, 0.1) is 4.91 Å². The maximum absolute atomic E-state index is 9.83. The minimum atomic E-state index is -0.738. The van der Waals surface area contributed by atoms with Crippen molar-refractivity contribution in [1.82, 2.24) is 0 Å². The summed E-state index contributed by atoms with van der Waals surface area (Å²) in [6.45, 7) is 0.591. The second-order valence-corrected chi connectivity index (χ2v) is 1.72. The second kappa shape index (κ2) is 11.6. The van der Waals surface area contributed by atoms with Gasteiger partial charge in [0.15, 0.2) is 5.34 Å². The fourth-order valence-corrected chi connectivity index (χ4v) is 0.421. The third kappa shape index (κ3) is 28.1. The molecule has 0 aromatic rings. The van der Waals surface area contributed by atoms with E-state index in [1.807, 2.05) is 0 Å². The Labute approximate surface area is 63.9 Å². The van der Waals surface area contributed by atoms with Crippen molar-refractivity contribution in [2.45, 2.75) is 19.3 Å². The Hall–Kier alpha value is -1.17. The third-order valence-corrected chi connectivity index (χ3v) is 0.845. The molecule has 0 saturated heterocycles. The first-order chi connectivity index (χ1) is 5.18. The van der Waals surface area contributed by atoms with E-state index in [2.05, 4.69) is 0 Å². The fourth-order valence-electron chi connectivity index (χ4n) is 0.421. The highest BCUT2D eigenvalue weighted by atomic mass is 16.6. The van der Waals surface area contributed by atoms with E-state index in [9.17, 15) is 4.79 Å². The van der Waals surface area contributed by atoms with Crippen LogP contribution in [0.3, 0.4) is 0 Å². The number of aliphatic carboxylic acids is 1. The molecular formula is C5H12N2O4. The summed E-state index contributed by atoms with van der Waals surface area (Å²) < 4.78 is 0. The summed E-state index contributed by atoms with van der Waals surface area (Å²) in [6.07, 6.45) is 1.76. The first-order valence-corrected chi connectivity index (χ1v) is 3.07. The lowest BCUT2D eigenvalue weighted by Crippen LogP contribution is -2.00. The first-order valence-electron chi connectivity index (χ1n) is 3.07. The van der Waals surface area contributed by atoms with E-state index >= 15 is 0 Å². The molecular weight excluding hydrogens is 152 g/mol. The van der Waals surface area contributed by atoms with Crippen molar-refractivity contribution in [3.63, 3.8) is 0 Å². The van der Waals surface area contributed by atoms with Gasteiger partial charge in [-0.1, -0.05) is 0 Å². The lowest BCUT2D eigenvalue weighted by molar-refractivity contribution is -0.137. The summed E-state index contributed by atoms with van der Waals surface area (Å²) in [7, 11) is 0. The second-order valence-electron chi connectivity index (χ2n) is 1.72. The molecule has 6 nitrogen and oxygen atoms in total. The minimum absolute atomic E-state index is 0.247. The summed E-state index contributed by atoms with van der Waals surface area (Å²) in [5.41, 5.74) is 5.12. The Balaban J connectivity index is 0. The average Bonchev–Trinajstić information content (AvgIpc) is 1.89. The average molecular weight is 164 g/mol. The highest BCUT2D eigenvalue weighted by Crippen LogP contribution is 1.91. The number of carbonyl (C=O) groups is 1. The van der Waals surface area contributed by atoms with Crippen LogP contribution in [0.1, 0.15) is 19.3 Å². The Kier molecular flexibility index (Phi) is 13.2. The Bertz CT molecular complexity index is 107. The molecule has 0 aromatic heterocycles. The van der Waals surface area contributed by atoms with Crippen LogP contribution in [0.15, 0.2) is 5.34 Å². The summed E-state index contributed by atoms with van der Waals surface area (Å²) in [5.74, 6) is -0.738. The Morgan fingerprint density at radius 3 is 2.18 bits per heavy atom. The van der Waals surface area contributed by atoms with Crippen LogP contribution in [0.4, 0.5) is 0 Å². The van der Waals surface area contributed by atoms with Gasteiger partial charge in [-0.2, -0.15) is 0 Å². The zero-order valence-corrected chi connectivity index (χ0v) is 6.06. The van der Waals surface area contributed by atoms with Crippen molar-refractivity contribution >= 4 is 5.97 Å². The van der Waals surface area contributed by atoms with Crippen molar-refractivity contribution in [2.24, 2.45) is 11.1 Å². The van der Waals surface area contributed by atoms with Gasteiger partial charge in [-0.25, -0.2) is 0 Å². The smallest absolute Gasteiger partial charge is 0.303 e. The van der Waals surface area contributed by atoms with Gasteiger partial charge in [0, 0.05) is 6.42 Å². The largest absolute Gasteiger partial charge is 0.481 e. The highest BCUT2D eigenvalue weighted by Gasteiger charge is 1.92. The zero-order chi connectivity index (χ0) is 9.11. The van der Waals surface area contributed by atoms with E-state index < -0.39 is 5.97 Å². The van der Waals surface area contributed by atoms with Crippen LogP contribution in [0.5, 0.6) is 0 Å². The maximum Gasteiger partial charge on any atom is 0.303 e. The van der Waals surface area contributed by atoms with E-state index in [1.54, 1.807) is 0 Å². The molecule has 0 saturated carbocycles. The molecule has 0 bridgehead atoms. The van der Waals surface area contributed by atoms with E-state index in [1.165, 1.54) is 5.34 Å². The van der Waals surface area contributed by atoms with Crippen molar-refractivity contribution in [1.29, 1.82) is 0 Å². The molecule has 0 amide bonds. The highest BCUT2D eigenvalue weighted by molar-refractivity contribution is 5.66. The van der Waals surface area contributed by atoms with Crippen molar-refractivity contribution in [3.05, 3.63) is 4.91 Å². The molecule has 0 rings (SSSR count). The molecule has 0 spiro atoms. The topological polar surface area (TPSA) is 113 Å². The lowest BCUT2D eigenvalue weighted by atomic mass is 10.2. The maximum atomic E-state index is 9.83. The van der Waals surface area contributed by atoms with Crippen molar-refractivity contribution in [3.8, 4) is 0 Å². The van der Waals surface area contributed by atoms with E-state index in [4.69, 9.17) is 21.0 Å². The van der Waals surface area contributed by atoms with Crippen molar-refractivity contribution in [2.75, 3.05) is 6.54 Å². The Morgan fingerprint density at radius 2 is 1.91 bits per heavy atom. The standard InChI is InChI=1S/C5H11NO2.HNO2/c6-4-2-1-3-5(7)8;2-1-3/h1-4,6H2,(H,7,8);(H,2,3). The molecule has 0 aliphatic rings. The molecule has 0 aliphatic carbocycles. The molecule has 66 valence electrons. The van der Waals surface area contributed by atoms with Gasteiger partial charge in [-0.15, -0.1) is 4.91 Å². The predicted octanol–water partition coefficient (Wildman–Crippen LogP) is 0.342. The summed E-state index contributed by atoms with van der Waals surface area (Å²) >= 11 is 0. The quantitative estimate of drug-likeness (QED) is 0.315. The summed E-state index contributed by atoms with van der Waals surface area (Å²) in [4.78, 5) is 17.9. The lowest BCUT2D eigenvalue weighted by Gasteiger charge is -1.90. The van der Waals surface area contributed by atoms with Crippen LogP contribution >= 0.6 is 0 Å². The normalized spacial score (nSPS) is 7.73. The third-order valence-electron chi connectivity index (χ3n) is 0.845. The zero-order valence-electron chi connectivity index (χ0n) is 6.06. The first kappa shape index (κ1) is 12.5. The molecule has 0 aliphatic heterocycles. The number of nitrogens with zero attached hydrogens (tertiary/aromatic N) is 1. The molecule has 4 N–H and O–H groups in total. The van der Waals surface area contributed by atoms with Gasteiger partial charge in [0.2, 0.25) is 0 Å². The van der Waals surface area contributed by atoms with Gasteiger partial charge in [-0.05, 0) is 19.4 Å². The fraction of sp³-hybridized carbons (Fsp3) is 0.800. The molecule has 0 radical (unpaired) electrons. The van der Waals surface area contributed by atoms with Crippen LogP contribution in [0.25, 0.3) is 0 Å². The molecule has 0 heterocycles. The van der Waals surface area contributed by atoms with Crippen LogP contribution in [-0.2, 0) is 4.79 Å². The molecule has 6 heteroatoms. The number of carboxylic acid groups (broad SMARTS) is 1. The predicted molar refractivity (Wildman–Crippen MR) is 38.1 cm³/mol. The number of unbranched alkanes of at least 4 members (excludes halogenated alkanes) is 1. The van der Waals surface area contributed by atoms with Gasteiger partial charge in [0.25, 0.3) is 0 Å². The van der Waals surface area contributed by atoms with Gasteiger partial charge in [0.05, 0.1) is 0 Å². The van der Waals surface area contributed by atoms with Gasteiger partial charge >= 0.3 is 5.97 Å². The number of hydrogen-bond donors (Lipinski definition) is 3. The molecule has 0 atom stereocenters. The Morgan fingerprint density at radius 1 is 1.45 bits per heavy atom.